The predicted octanol–water partition coefficient (Wildman–Crippen LogP) is 0.708. The molecule has 0 atom stereocenters. The van der Waals surface area contributed by atoms with Crippen LogP contribution < -0.4 is 0 Å². The molecule has 2 nitrogen and oxygen atoms in total. The fourth-order valence-corrected chi connectivity index (χ4v) is 0.417. The molecule has 0 aromatic carbocycles. The van der Waals surface area contributed by atoms with Gasteiger partial charge < -0.3 is 9.64 Å². The van der Waals surface area contributed by atoms with Gasteiger partial charge in [-0.2, -0.15) is 0 Å². The van der Waals surface area contributed by atoms with E-state index in [1.54, 1.807) is 7.11 Å². The Kier molecular flexibility index (Phi) is 3.28. The van der Waals surface area contributed by atoms with Crippen molar-refractivity contribution < 1.29 is 4.74 Å². The van der Waals surface area contributed by atoms with Gasteiger partial charge in [-0.3, -0.25) is 0 Å². The lowest BCUT2D eigenvalue weighted by Crippen LogP contribution is -2.15. The van der Waals surface area contributed by atoms with Crippen molar-refractivity contribution in [2.24, 2.45) is 0 Å². The highest BCUT2D eigenvalue weighted by Gasteiger charge is 1.91. The summed E-state index contributed by atoms with van der Waals surface area (Å²) in [5.74, 6) is 0.801. The first kappa shape index (κ1) is 7.50. The van der Waals surface area contributed by atoms with E-state index < -0.39 is 0 Å². The van der Waals surface area contributed by atoms with Gasteiger partial charge in [-0.25, -0.2) is 0 Å². The minimum atomic E-state index is 0.801. The molecule has 0 amide bonds. The summed E-state index contributed by atoms with van der Waals surface area (Å²) in [4.78, 5) is 2.01. The van der Waals surface area contributed by atoms with Gasteiger partial charge in [0.25, 0.3) is 0 Å². The number of likely N-dealkylation sites (N-methyl/N-ethyl adjacent to an activating group) is 1. The van der Waals surface area contributed by atoms with E-state index in [-0.39, 0.29) is 0 Å². The van der Waals surface area contributed by atoms with E-state index >= 15 is 0 Å². The second kappa shape index (κ2) is 3.50. The Hall–Kier alpha value is -0.500. The number of rotatable bonds is 3. The molecule has 2 heteroatoms. The largest absolute Gasteiger partial charge is 0.500 e. The van der Waals surface area contributed by atoms with E-state index in [0.29, 0.717) is 0 Å². The summed E-state index contributed by atoms with van der Waals surface area (Å²) in [6.45, 7) is 4.45. The molecule has 8 heavy (non-hydrogen) atoms. The molecule has 0 bridgehead atoms. The van der Waals surface area contributed by atoms with Crippen molar-refractivity contribution in [2.75, 3.05) is 27.7 Å². The van der Waals surface area contributed by atoms with Gasteiger partial charge in [0.05, 0.1) is 13.7 Å². The van der Waals surface area contributed by atoms with Gasteiger partial charge in [-0.15, -0.1) is 0 Å². The summed E-state index contributed by atoms with van der Waals surface area (Å²) >= 11 is 0. The molecule has 0 saturated heterocycles. The summed E-state index contributed by atoms with van der Waals surface area (Å²) < 4.78 is 4.82. The summed E-state index contributed by atoms with van der Waals surface area (Å²) in [7, 11) is 5.58. The lowest BCUT2D eigenvalue weighted by Gasteiger charge is -2.09. The first-order valence-electron chi connectivity index (χ1n) is 2.53. The van der Waals surface area contributed by atoms with Crippen LogP contribution in [0.5, 0.6) is 0 Å². The third-order valence-corrected chi connectivity index (χ3v) is 0.781. The van der Waals surface area contributed by atoms with Crippen LogP contribution in [0.1, 0.15) is 0 Å². The summed E-state index contributed by atoms with van der Waals surface area (Å²) in [5.41, 5.74) is 0. The van der Waals surface area contributed by atoms with E-state index in [1.165, 1.54) is 0 Å². The topological polar surface area (TPSA) is 12.5 Å². The van der Waals surface area contributed by atoms with Crippen LogP contribution >= 0.6 is 0 Å². The van der Waals surface area contributed by atoms with Crippen molar-refractivity contribution in [1.82, 2.24) is 4.90 Å². The molecule has 48 valence electrons. The van der Waals surface area contributed by atoms with Crippen molar-refractivity contribution in [1.29, 1.82) is 0 Å². The minimum absolute atomic E-state index is 0.801. The molecule has 0 aliphatic carbocycles. The van der Waals surface area contributed by atoms with Crippen LogP contribution in [0, 0.1) is 0 Å². The standard InChI is InChI=1S/C6H13NO/c1-6(8-4)5-7(2)3/h1,5H2,2-4H3. The molecule has 0 fully saturated rings. The number of ether oxygens (including phenoxy) is 1. The zero-order valence-corrected chi connectivity index (χ0v) is 5.77. The Morgan fingerprint density at radius 3 is 2.25 bits per heavy atom. The van der Waals surface area contributed by atoms with Crippen molar-refractivity contribution in [2.45, 2.75) is 0 Å². The van der Waals surface area contributed by atoms with E-state index in [0.717, 1.165) is 12.3 Å². The van der Waals surface area contributed by atoms with E-state index in [2.05, 4.69) is 6.58 Å². The smallest absolute Gasteiger partial charge is 0.102 e. The zero-order chi connectivity index (χ0) is 6.57. The molecule has 0 radical (unpaired) electrons. The fraction of sp³-hybridized carbons (Fsp3) is 0.667. The van der Waals surface area contributed by atoms with Crippen molar-refractivity contribution >= 4 is 0 Å². The number of methoxy groups -OCH3 is 1. The molecule has 0 saturated carbocycles. The second-order valence-corrected chi connectivity index (χ2v) is 1.98. The van der Waals surface area contributed by atoms with Crippen LogP contribution in [0.4, 0.5) is 0 Å². The Balaban J connectivity index is 3.25. The van der Waals surface area contributed by atoms with Crippen LogP contribution in [-0.2, 0) is 4.74 Å². The molecular weight excluding hydrogens is 102 g/mol. The first-order chi connectivity index (χ1) is 3.66. The SMILES string of the molecule is C=C(CN(C)C)OC. The van der Waals surface area contributed by atoms with Gasteiger partial charge in [0.15, 0.2) is 0 Å². The lowest BCUT2D eigenvalue weighted by atomic mass is 10.5. The number of nitrogens with zero attached hydrogens (tertiary/aromatic N) is 1. The Morgan fingerprint density at radius 2 is 2.12 bits per heavy atom. The van der Waals surface area contributed by atoms with Crippen LogP contribution in [0.3, 0.4) is 0 Å². The molecular formula is C6H13NO. The Bertz CT molecular complexity index is 78.6. The van der Waals surface area contributed by atoms with E-state index in [1.807, 2.05) is 19.0 Å². The molecule has 0 heterocycles. The lowest BCUT2D eigenvalue weighted by molar-refractivity contribution is 0.251. The Morgan fingerprint density at radius 1 is 1.62 bits per heavy atom. The Labute approximate surface area is 50.7 Å². The quantitative estimate of drug-likeness (QED) is 0.502. The van der Waals surface area contributed by atoms with E-state index in [9.17, 15) is 0 Å². The number of hydrogen-bond acceptors (Lipinski definition) is 2. The van der Waals surface area contributed by atoms with Gasteiger partial charge in [-0.05, 0) is 14.1 Å². The fourth-order valence-electron chi connectivity index (χ4n) is 0.417. The van der Waals surface area contributed by atoms with Gasteiger partial charge in [0, 0.05) is 0 Å². The minimum Gasteiger partial charge on any atom is -0.500 e. The highest BCUT2D eigenvalue weighted by molar-refractivity contribution is 4.83. The predicted molar refractivity (Wildman–Crippen MR) is 34.7 cm³/mol. The molecule has 0 aliphatic heterocycles. The molecule has 0 rings (SSSR count). The number of hydrogen-bond donors (Lipinski definition) is 0. The molecule has 0 unspecified atom stereocenters. The van der Waals surface area contributed by atoms with Gasteiger partial charge in [0.1, 0.15) is 5.76 Å². The average molecular weight is 115 g/mol. The molecule has 0 spiro atoms. The van der Waals surface area contributed by atoms with Gasteiger partial charge in [0.2, 0.25) is 0 Å². The summed E-state index contributed by atoms with van der Waals surface area (Å²) in [5, 5.41) is 0. The third kappa shape index (κ3) is 3.68. The van der Waals surface area contributed by atoms with Crippen LogP contribution in [0.25, 0.3) is 0 Å². The van der Waals surface area contributed by atoms with Crippen LogP contribution in [0.15, 0.2) is 12.3 Å². The van der Waals surface area contributed by atoms with Crippen molar-refractivity contribution in [3.05, 3.63) is 12.3 Å². The van der Waals surface area contributed by atoms with Gasteiger partial charge >= 0.3 is 0 Å². The molecule has 0 aromatic rings. The maximum absolute atomic E-state index is 4.82. The van der Waals surface area contributed by atoms with Crippen LogP contribution in [-0.4, -0.2) is 32.6 Å². The normalized spacial score (nSPS) is 9.50. The van der Waals surface area contributed by atoms with Crippen molar-refractivity contribution in [3.8, 4) is 0 Å². The second-order valence-electron chi connectivity index (χ2n) is 1.98. The average Bonchev–Trinajstić information content (AvgIpc) is 1.65. The monoisotopic (exact) mass is 115 g/mol. The maximum atomic E-state index is 4.82. The highest BCUT2D eigenvalue weighted by Crippen LogP contribution is 1.89. The van der Waals surface area contributed by atoms with Crippen LogP contribution in [0.2, 0.25) is 0 Å². The highest BCUT2D eigenvalue weighted by atomic mass is 16.5. The molecule has 0 aromatic heterocycles. The summed E-state index contributed by atoms with van der Waals surface area (Å²) in [6, 6.07) is 0. The molecule has 0 N–H and O–H groups in total. The maximum Gasteiger partial charge on any atom is 0.102 e. The zero-order valence-electron chi connectivity index (χ0n) is 5.77. The molecule has 0 aliphatic rings. The first-order valence-corrected chi connectivity index (χ1v) is 2.53. The third-order valence-electron chi connectivity index (χ3n) is 0.781. The van der Waals surface area contributed by atoms with Gasteiger partial charge in [-0.1, -0.05) is 6.58 Å². The van der Waals surface area contributed by atoms with Crippen molar-refractivity contribution in [3.63, 3.8) is 0 Å². The summed E-state index contributed by atoms with van der Waals surface area (Å²) in [6.07, 6.45) is 0. The van der Waals surface area contributed by atoms with E-state index in [4.69, 9.17) is 4.74 Å².